The van der Waals surface area contributed by atoms with Gasteiger partial charge in [-0.25, -0.2) is 0 Å². The first kappa shape index (κ1) is 18.5. The van der Waals surface area contributed by atoms with Crippen LogP contribution in [0.1, 0.15) is 11.3 Å². The Labute approximate surface area is 160 Å². The minimum Gasteiger partial charge on any atom is -0.457 e. The van der Waals surface area contributed by atoms with Crippen molar-refractivity contribution in [1.82, 2.24) is 15.6 Å². The SMILES string of the molecule is CN=C(NCCc1ccccn1)NCc1ccc(Oc2ccccc2)cc1. The first-order chi connectivity index (χ1) is 13.3. The molecular formula is C22H24N4O. The van der Waals surface area contributed by atoms with Gasteiger partial charge in [0.15, 0.2) is 5.96 Å². The van der Waals surface area contributed by atoms with Gasteiger partial charge in [0.25, 0.3) is 0 Å². The Balaban J connectivity index is 1.44. The lowest BCUT2D eigenvalue weighted by atomic mass is 10.2. The fourth-order valence-corrected chi connectivity index (χ4v) is 2.56. The van der Waals surface area contributed by atoms with E-state index >= 15 is 0 Å². The van der Waals surface area contributed by atoms with Crippen LogP contribution in [-0.4, -0.2) is 24.5 Å². The molecule has 1 aromatic heterocycles. The Hall–Kier alpha value is -3.34. The third-order valence-corrected chi connectivity index (χ3v) is 3.99. The van der Waals surface area contributed by atoms with Crippen LogP contribution in [-0.2, 0) is 13.0 Å². The van der Waals surface area contributed by atoms with Gasteiger partial charge in [-0.1, -0.05) is 36.4 Å². The zero-order valence-corrected chi connectivity index (χ0v) is 15.4. The van der Waals surface area contributed by atoms with Gasteiger partial charge in [-0.15, -0.1) is 0 Å². The minimum atomic E-state index is 0.689. The van der Waals surface area contributed by atoms with Gasteiger partial charge >= 0.3 is 0 Å². The Kier molecular flexibility index (Phi) is 6.81. The molecule has 0 aliphatic rings. The number of ether oxygens (including phenoxy) is 1. The maximum absolute atomic E-state index is 5.81. The van der Waals surface area contributed by atoms with Gasteiger partial charge < -0.3 is 15.4 Å². The molecule has 0 radical (unpaired) electrons. The second-order valence-corrected chi connectivity index (χ2v) is 5.98. The summed E-state index contributed by atoms with van der Waals surface area (Å²) >= 11 is 0. The van der Waals surface area contributed by atoms with Gasteiger partial charge in [-0.05, 0) is 42.0 Å². The van der Waals surface area contributed by atoms with Crippen LogP contribution in [0.5, 0.6) is 11.5 Å². The van der Waals surface area contributed by atoms with Gasteiger partial charge in [0.1, 0.15) is 11.5 Å². The van der Waals surface area contributed by atoms with E-state index in [1.54, 1.807) is 7.05 Å². The van der Waals surface area contributed by atoms with Crippen molar-refractivity contribution >= 4 is 5.96 Å². The fraction of sp³-hybridized carbons (Fsp3) is 0.182. The van der Waals surface area contributed by atoms with E-state index in [2.05, 4.69) is 20.6 Å². The average Bonchev–Trinajstić information content (AvgIpc) is 2.73. The summed E-state index contributed by atoms with van der Waals surface area (Å²) < 4.78 is 5.81. The first-order valence-electron chi connectivity index (χ1n) is 9.00. The second kappa shape index (κ2) is 9.97. The predicted molar refractivity (Wildman–Crippen MR) is 109 cm³/mol. The summed E-state index contributed by atoms with van der Waals surface area (Å²) in [4.78, 5) is 8.58. The number of aliphatic imine (C=N–C) groups is 1. The van der Waals surface area contributed by atoms with Crippen molar-refractivity contribution in [2.24, 2.45) is 4.99 Å². The number of aromatic nitrogens is 1. The number of hydrogen-bond acceptors (Lipinski definition) is 3. The van der Waals surface area contributed by atoms with Crippen LogP contribution in [0.3, 0.4) is 0 Å². The highest BCUT2D eigenvalue weighted by atomic mass is 16.5. The largest absolute Gasteiger partial charge is 0.457 e. The molecule has 0 saturated carbocycles. The summed E-state index contributed by atoms with van der Waals surface area (Å²) in [5.74, 6) is 2.43. The highest BCUT2D eigenvalue weighted by molar-refractivity contribution is 5.79. The summed E-state index contributed by atoms with van der Waals surface area (Å²) in [5.41, 5.74) is 2.22. The molecule has 0 bridgehead atoms. The Bertz CT molecular complexity index is 833. The molecule has 0 amide bonds. The van der Waals surface area contributed by atoms with Crippen LogP contribution in [0, 0.1) is 0 Å². The van der Waals surface area contributed by atoms with E-state index in [0.717, 1.165) is 41.7 Å². The van der Waals surface area contributed by atoms with Crippen LogP contribution in [0.25, 0.3) is 0 Å². The standard InChI is InChI=1S/C22H24N4O/c1-23-22(25-16-14-19-7-5-6-15-24-19)26-17-18-10-12-21(13-11-18)27-20-8-3-2-4-9-20/h2-13,15H,14,16-17H2,1H3,(H2,23,25,26). The molecule has 0 aliphatic heterocycles. The van der Waals surface area contributed by atoms with Gasteiger partial charge in [-0.2, -0.15) is 0 Å². The van der Waals surface area contributed by atoms with E-state index in [9.17, 15) is 0 Å². The third kappa shape index (κ3) is 6.15. The summed E-state index contributed by atoms with van der Waals surface area (Å²) in [7, 11) is 1.77. The minimum absolute atomic E-state index is 0.689. The van der Waals surface area contributed by atoms with Gasteiger partial charge in [-0.3, -0.25) is 9.98 Å². The molecule has 0 spiro atoms. The molecule has 5 nitrogen and oxygen atoms in total. The van der Waals surface area contributed by atoms with Crippen LogP contribution >= 0.6 is 0 Å². The molecule has 0 aliphatic carbocycles. The average molecular weight is 360 g/mol. The maximum atomic E-state index is 5.81. The molecule has 2 N–H and O–H groups in total. The highest BCUT2D eigenvalue weighted by Crippen LogP contribution is 2.20. The second-order valence-electron chi connectivity index (χ2n) is 5.98. The summed E-state index contributed by atoms with van der Waals surface area (Å²) in [6.07, 6.45) is 2.67. The molecule has 5 heteroatoms. The van der Waals surface area contributed by atoms with Gasteiger partial charge in [0.2, 0.25) is 0 Å². The molecular weight excluding hydrogens is 336 g/mol. The Morgan fingerprint density at radius 3 is 2.33 bits per heavy atom. The van der Waals surface area contributed by atoms with E-state index < -0.39 is 0 Å². The smallest absolute Gasteiger partial charge is 0.191 e. The number of nitrogens with one attached hydrogen (secondary N) is 2. The quantitative estimate of drug-likeness (QED) is 0.497. The van der Waals surface area contributed by atoms with Crippen molar-refractivity contribution in [3.05, 3.63) is 90.3 Å². The molecule has 2 aromatic carbocycles. The van der Waals surface area contributed by atoms with E-state index in [-0.39, 0.29) is 0 Å². The third-order valence-electron chi connectivity index (χ3n) is 3.99. The number of nitrogens with zero attached hydrogens (tertiary/aromatic N) is 2. The van der Waals surface area contributed by atoms with Crippen LogP contribution in [0.2, 0.25) is 0 Å². The monoisotopic (exact) mass is 360 g/mol. The maximum Gasteiger partial charge on any atom is 0.191 e. The highest BCUT2D eigenvalue weighted by Gasteiger charge is 2.01. The number of benzene rings is 2. The lowest BCUT2D eigenvalue weighted by molar-refractivity contribution is 0.482. The molecule has 3 rings (SSSR count). The summed E-state index contributed by atoms with van der Waals surface area (Å²) in [6.45, 7) is 1.47. The normalized spacial score (nSPS) is 11.1. The lowest BCUT2D eigenvalue weighted by Gasteiger charge is -2.12. The van der Waals surface area contributed by atoms with Crippen LogP contribution in [0.15, 0.2) is 84.0 Å². The molecule has 1 heterocycles. The molecule has 0 atom stereocenters. The van der Waals surface area contributed by atoms with E-state index in [0.29, 0.717) is 6.54 Å². The van der Waals surface area contributed by atoms with E-state index in [1.807, 2.05) is 79.0 Å². The topological polar surface area (TPSA) is 58.5 Å². The van der Waals surface area contributed by atoms with Gasteiger partial charge in [0.05, 0.1) is 0 Å². The van der Waals surface area contributed by atoms with Crippen molar-refractivity contribution in [3.8, 4) is 11.5 Å². The molecule has 0 fully saturated rings. The van der Waals surface area contributed by atoms with Crippen molar-refractivity contribution < 1.29 is 4.74 Å². The number of pyridine rings is 1. The first-order valence-corrected chi connectivity index (χ1v) is 9.00. The predicted octanol–water partition coefficient (Wildman–Crippen LogP) is 3.78. The van der Waals surface area contributed by atoms with Crippen LogP contribution < -0.4 is 15.4 Å². The molecule has 3 aromatic rings. The lowest BCUT2D eigenvalue weighted by Crippen LogP contribution is -2.37. The zero-order chi connectivity index (χ0) is 18.7. The van der Waals surface area contributed by atoms with Crippen molar-refractivity contribution in [2.75, 3.05) is 13.6 Å². The van der Waals surface area contributed by atoms with Crippen molar-refractivity contribution in [1.29, 1.82) is 0 Å². The molecule has 0 unspecified atom stereocenters. The van der Waals surface area contributed by atoms with E-state index in [4.69, 9.17) is 4.74 Å². The molecule has 138 valence electrons. The van der Waals surface area contributed by atoms with Crippen molar-refractivity contribution in [3.63, 3.8) is 0 Å². The Morgan fingerprint density at radius 2 is 1.63 bits per heavy atom. The zero-order valence-electron chi connectivity index (χ0n) is 15.4. The molecule has 27 heavy (non-hydrogen) atoms. The number of hydrogen-bond donors (Lipinski definition) is 2. The summed E-state index contributed by atoms with van der Waals surface area (Å²) in [6, 6.07) is 23.8. The summed E-state index contributed by atoms with van der Waals surface area (Å²) in [5, 5.41) is 6.63. The number of para-hydroxylation sites is 1. The number of guanidine groups is 1. The van der Waals surface area contributed by atoms with E-state index in [1.165, 1.54) is 0 Å². The van der Waals surface area contributed by atoms with Gasteiger partial charge in [0, 0.05) is 38.4 Å². The number of rotatable bonds is 7. The van der Waals surface area contributed by atoms with Crippen molar-refractivity contribution in [2.45, 2.75) is 13.0 Å². The van der Waals surface area contributed by atoms with Crippen LogP contribution in [0.4, 0.5) is 0 Å². The molecule has 0 saturated heterocycles. The fourth-order valence-electron chi connectivity index (χ4n) is 2.56. The Morgan fingerprint density at radius 1 is 0.889 bits per heavy atom.